The predicted octanol–water partition coefficient (Wildman–Crippen LogP) is 3.34. The summed E-state index contributed by atoms with van der Waals surface area (Å²) >= 11 is 0. The summed E-state index contributed by atoms with van der Waals surface area (Å²) in [5.41, 5.74) is 1.62. The third-order valence-corrected chi connectivity index (χ3v) is 5.55. The average Bonchev–Trinajstić information content (AvgIpc) is 3.16. The SMILES string of the molecule is CC(NC(=O)NCC1(O)CCCCC1)c1cccc(N2CCCC2)c1. The van der Waals surface area contributed by atoms with Crippen LogP contribution in [0.4, 0.5) is 10.5 Å². The number of urea groups is 1. The Kier molecular flexibility index (Phi) is 5.84. The molecule has 1 saturated carbocycles. The van der Waals surface area contributed by atoms with Gasteiger partial charge in [-0.2, -0.15) is 0 Å². The van der Waals surface area contributed by atoms with Crippen LogP contribution in [-0.4, -0.2) is 36.4 Å². The highest BCUT2D eigenvalue weighted by Crippen LogP contribution is 2.27. The fourth-order valence-corrected chi connectivity index (χ4v) is 3.93. The van der Waals surface area contributed by atoms with Gasteiger partial charge < -0.3 is 20.6 Å². The van der Waals surface area contributed by atoms with Gasteiger partial charge in [-0.3, -0.25) is 0 Å². The summed E-state index contributed by atoms with van der Waals surface area (Å²) in [6.07, 6.45) is 7.33. The van der Waals surface area contributed by atoms with Crippen molar-refractivity contribution in [2.75, 3.05) is 24.5 Å². The van der Waals surface area contributed by atoms with E-state index in [9.17, 15) is 9.90 Å². The minimum Gasteiger partial charge on any atom is -0.388 e. The van der Waals surface area contributed by atoms with Crippen LogP contribution in [0.25, 0.3) is 0 Å². The maximum atomic E-state index is 12.2. The molecule has 2 aliphatic rings. The van der Waals surface area contributed by atoms with Crippen LogP contribution in [0.3, 0.4) is 0 Å². The molecule has 1 aliphatic carbocycles. The van der Waals surface area contributed by atoms with Gasteiger partial charge in [-0.05, 0) is 50.3 Å². The molecule has 5 nitrogen and oxygen atoms in total. The molecular formula is C20H31N3O2. The van der Waals surface area contributed by atoms with Crippen molar-refractivity contribution >= 4 is 11.7 Å². The van der Waals surface area contributed by atoms with Gasteiger partial charge in [0.1, 0.15) is 0 Å². The monoisotopic (exact) mass is 345 g/mol. The summed E-state index contributed by atoms with van der Waals surface area (Å²) in [4.78, 5) is 14.6. The van der Waals surface area contributed by atoms with Gasteiger partial charge in [0.25, 0.3) is 0 Å². The van der Waals surface area contributed by atoms with Gasteiger partial charge in [-0.15, -0.1) is 0 Å². The van der Waals surface area contributed by atoms with E-state index in [0.29, 0.717) is 6.54 Å². The molecule has 25 heavy (non-hydrogen) atoms. The van der Waals surface area contributed by atoms with Gasteiger partial charge in [0, 0.05) is 25.3 Å². The second kappa shape index (κ2) is 8.09. The van der Waals surface area contributed by atoms with E-state index in [1.165, 1.54) is 24.9 Å². The third kappa shape index (κ3) is 4.88. The maximum absolute atomic E-state index is 12.2. The fourth-order valence-electron chi connectivity index (χ4n) is 3.93. The molecule has 1 saturated heterocycles. The number of benzene rings is 1. The van der Waals surface area contributed by atoms with Gasteiger partial charge in [0.15, 0.2) is 0 Å². The van der Waals surface area contributed by atoms with Crippen LogP contribution in [0.1, 0.15) is 63.5 Å². The summed E-state index contributed by atoms with van der Waals surface area (Å²) in [5, 5.41) is 16.3. The van der Waals surface area contributed by atoms with Crippen molar-refractivity contribution in [2.24, 2.45) is 0 Å². The Hall–Kier alpha value is -1.75. The van der Waals surface area contributed by atoms with Gasteiger partial charge in [-0.1, -0.05) is 31.4 Å². The zero-order valence-corrected chi connectivity index (χ0v) is 15.3. The number of amides is 2. The van der Waals surface area contributed by atoms with Crippen molar-refractivity contribution in [3.8, 4) is 0 Å². The first kappa shape index (κ1) is 18.1. The van der Waals surface area contributed by atoms with Crippen molar-refractivity contribution in [3.63, 3.8) is 0 Å². The fraction of sp³-hybridized carbons (Fsp3) is 0.650. The van der Waals surface area contributed by atoms with E-state index in [1.807, 2.05) is 6.92 Å². The first-order valence-corrected chi connectivity index (χ1v) is 9.67. The van der Waals surface area contributed by atoms with Crippen LogP contribution >= 0.6 is 0 Å². The van der Waals surface area contributed by atoms with Crippen LogP contribution in [0, 0.1) is 0 Å². The van der Waals surface area contributed by atoms with E-state index in [1.54, 1.807) is 0 Å². The van der Waals surface area contributed by atoms with Gasteiger partial charge in [0.2, 0.25) is 0 Å². The Morgan fingerprint density at radius 1 is 1.20 bits per heavy atom. The zero-order chi connectivity index (χ0) is 17.7. The lowest BCUT2D eigenvalue weighted by atomic mass is 9.85. The standard InChI is InChI=1S/C20H31N3O2/c1-16(17-8-7-9-18(14-17)23-12-5-6-13-23)22-19(24)21-15-20(25)10-3-2-4-11-20/h7-9,14,16,25H,2-6,10-13,15H2,1H3,(H2,21,22,24). The second-order valence-electron chi connectivity index (χ2n) is 7.62. The number of hydrogen-bond acceptors (Lipinski definition) is 3. The molecule has 1 atom stereocenters. The van der Waals surface area contributed by atoms with Crippen molar-refractivity contribution < 1.29 is 9.90 Å². The summed E-state index contributed by atoms with van der Waals surface area (Å²) < 4.78 is 0. The van der Waals surface area contributed by atoms with Gasteiger partial charge in [0.05, 0.1) is 11.6 Å². The molecule has 2 fully saturated rings. The molecule has 1 aliphatic heterocycles. The molecule has 1 unspecified atom stereocenters. The Morgan fingerprint density at radius 2 is 1.92 bits per heavy atom. The molecule has 0 aromatic heterocycles. The molecular weight excluding hydrogens is 314 g/mol. The molecule has 1 aromatic carbocycles. The lowest BCUT2D eigenvalue weighted by molar-refractivity contribution is 0.00714. The molecule has 5 heteroatoms. The Labute approximate surface area is 150 Å². The van der Waals surface area contributed by atoms with E-state index in [2.05, 4.69) is 39.8 Å². The molecule has 3 rings (SSSR count). The molecule has 0 spiro atoms. The highest BCUT2D eigenvalue weighted by molar-refractivity contribution is 5.74. The largest absolute Gasteiger partial charge is 0.388 e. The van der Waals surface area contributed by atoms with Crippen LogP contribution in [0.5, 0.6) is 0 Å². The number of nitrogens with one attached hydrogen (secondary N) is 2. The summed E-state index contributed by atoms with van der Waals surface area (Å²) in [6.45, 7) is 4.56. The van der Waals surface area contributed by atoms with Crippen LogP contribution in [0.2, 0.25) is 0 Å². The molecule has 1 heterocycles. The first-order chi connectivity index (χ1) is 12.1. The second-order valence-corrected chi connectivity index (χ2v) is 7.62. The molecule has 1 aromatic rings. The van der Waals surface area contributed by atoms with Crippen molar-refractivity contribution in [1.29, 1.82) is 0 Å². The number of anilines is 1. The number of nitrogens with zero attached hydrogens (tertiary/aromatic N) is 1. The lowest BCUT2D eigenvalue weighted by Crippen LogP contribution is -2.47. The maximum Gasteiger partial charge on any atom is 0.315 e. The van der Waals surface area contributed by atoms with E-state index in [0.717, 1.165) is 44.3 Å². The molecule has 0 bridgehead atoms. The number of aliphatic hydroxyl groups is 1. The highest BCUT2D eigenvalue weighted by atomic mass is 16.3. The average molecular weight is 345 g/mol. The molecule has 0 radical (unpaired) electrons. The predicted molar refractivity (Wildman–Crippen MR) is 101 cm³/mol. The van der Waals surface area contributed by atoms with Crippen LogP contribution < -0.4 is 15.5 Å². The summed E-state index contributed by atoms with van der Waals surface area (Å²) in [5.74, 6) is 0. The molecule has 2 amide bonds. The number of carbonyl (C=O) groups is 1. The Balaban J connectivity index is 1.51. The Bertz CT molecular complexity index is 578. The topological polar surface area (TPSA) is 64.6 Å². The van der Waals surface area contributed by atoms with Crippen molar-refractivity contribution in [1.82, 2.24) is 10.6 Å². The summed E-state index contributed by atoms with van der Waals surface area (Å²) in [7, 11) is 0. The third-order valence-electron chi connectivity index (χ3n) is 5.55. The normalized spacial score (nSPS) is 21.0. The van der Waals surface area contributed by atoms with E-state index in [-0.39, 0.29) is 12.1 Å². The van der Waals surface area contributed by atoms with E-state index >= 15 is 0 Å². The van der Waals surface area contributed by atoms with Crippen molar-refractivity contribution in [2.45, 2.75) is 63.5 Å². The number of rotatable bonds is 5. The van der Waals surface area contributed by atoms with Gasteiger partial charge in [-0.25, -0.2) is 4.79 Å². The minimum absolute atomic E-state index is 0.0662. The number of hydrogen-bond donors (Lipinski definition) is 3. The van der Waals surface area contributed by atoms with E-state index in [4.69, 9.17) is 0 Å². The Morgan fingerprint density at radius 3 is 2.64 bits per heavy atom. The minimum atomic E-state index is -0.728. The van der Waals surface area contributed by atoms with Crippen LogP contribution in [0.15, 0.2) is 24.3 Å². The lowest BCUT2D eigenvalue weighted by Gasteiger charge is -2.32. The first-order valence-electron chi connectivity index (χ1n) is 9.67. The van der Waals surface area contributed by atoms with Gasteiger partial charge >= 0.3 is 6.03 Å². The smallest absolute Gasteiger partial charge is 0.315 e. The zero-order valence-electron chi connectivity index (χ0n) is 15.3. The quantitative estimate of drug-likeness (QED) is 0.767. The highest BCUT2D eigenvalue weighted by Gasteiger charge is 2.29. The van der Waals surface area contributed by atoms with Crippen LogP contribution in [-0.2, 0) is 0 Å². The van der Waals surface area contributed by atoms with Crippen molar-refractivity contribution in [3.05, 3.63) is 29.8 Å². The summed E-state index contributed by atoms with van der Waals surface area (Å²) in [6, 6.07) is 8.15. The van der Waals surface area contributed by atoms with E-state index < -0.39 is 5.60 Å². The number of carbonyl (C=O) groups excluding carboxylic acids is 1. The molecule has 138 valence electrons. The molecule has 3 N–H and O–H groups in total.